The molecular formula is C17H21N3OS. The molecule has 2 aromatic heterocycles. The third-order valence-electron chi connectivity index (χ3n) is 4.17. The molecule has 5 heteroatoms. The van der Waals surface area contributed by atoms with E-state index in [9.17, 15) is 4.79 Å². The maximum absolute atomic E-state index is 12.0. The van der Waals surface area contributed by atoms with Crippen LogP contribution in [-0.4, -0.2) is 35.4 Å². The van der Waals surface area contributed by atoms with Crippen molar-refractivity contribution in [1.29, 1.82) is 0 Å². The van der Waals surface area contributed by atoms with Gasteiger partial charge in [-0.15, -0.1) is 11.3 Å². The first kappa shape index (κ1) is 15.2. The van der Waals surface area contributed by atoms with Crippen LogP contribution in [0.1, 0.15) is 29.2 Å². The lowest BCUT2D eigenvalue weighted by Crippen LogP contribution is -2.40. The molecule has 3 rings (SSSR count). The molecule has 0 atom stereocenters. The van der Waals surface area contributed by atoms with Crippen LogP contribution in [0.15, 0.2) is 42.0 Å². The van der Waals surface area contributed by atoms with Gasteiger partial charge in [0.15, 0.2) is 0 Å². The monoisotopic (exact) mass is 315 g/mol. The van der Waals surface area contributed by atoms with Gasteiger partial charge in [0, 0.05) is 17.3 Å². The summed E-state index contributed by atoms with van der Waals surface area (Å²) in [4.78, 5) is 19.5. The minimum absolute atomic E-state index is 0.121. The first-order chi connectivity index (χ1) is 10.8. The van der Waals surface area contributed by atoms with Gasteiger partial charge in [0.2, 0.25) is 5.91 Å². The highest BCUT2D eigenvalue weighted by atomic mass is 32.1. The van der Waals surface area contributed by atoms with Crippen molar-refractivity contribution in [3.8, 4) is 0 Å². The Bertz CT molecular complexity index is 577. The summed E-state index contributed by atoms with van der Waals surface area (Å²) >= 11 is 1.68. The molecule has 4 nitrogen and oxygen atoms in total. The number of likely N-dealkylation sites (tertiary alicyclic amines) is 1. The van der Waals surface area contributed by atoms with Gasteiger partial charge in [0.1, 0.15) is 0 Å². The molecule has 0 aromatic carbocycles. The van der Waals surface area contributed by atoms with Gasteiger partial charge in [-0.1, -0.05) is 6.07 Å². The van der Waals surface area contributed by atoms with Gasteiger partial charge in [-0.3, -0.25) is 14.7 Å². The first-order valence-corrected chi connectivity index (χ1v) is 8.60. The van der Waals surface area contributed by atoms with Gasteiger partial charge < -0.3 is 5.32 Å². The molecule has 0 bridgehead atoms. The van der Waals surface area contributed by atoms with E-state index in [0.29, 0.717) is 19.0 Å². The number of hydrogen-bond acceptors (Lipinski definition) is 4. The molecule has 1 N–H and O–H groups in total. The minimum Gasteiger partial charge on any atom is -0.350 e. The average molecular weight is 315 g/mol. The number of aromatic nitrogens is 1. The highest BCUT2D eigenvalue weighted by Crippen LogP contribution is 2.27. The fraction of sp³-hybridized carbons (Fsp3) is 0.412. The Morgan fingerprint density at radius 3 is 2.73 bits per heavy atom. The van der Waals surface area contributed by atoms with E-state index in [0.717, 1.165) is 25.9 Å². The van der Waals surface area contributed by atoms with E-state index in [-0.39, 0.29) is 5.91 Å². The second-order valence-corrected chi connectivity index (χ2v) is 6.72. The lowest BCUT2D eigenvalue weighted by molar-refractivity contribution is -0.122. The Morgan fingerprint density at radius 2 is 2.05 bits per heavy atom. The molecule has 0 radical (unpaired) electrons. The zero-order valence-electron chi connectivity index (χ0n) is 12.6. The van der Waals surface area contributed by atoms with Crippen molar-refractivity contribution in [2.45, 2.75) is 25.3 Å². The molecular weight excluding hydrogens is 294 g/mol. The van der Waals surface area contributed by atoms with E-state index in [1.807, 2.05) is 29.9 Å². The summed E-state index contributed by atoms with van der Waals surface area (Å²) in [6.45, 7) is 3.12. The van der Waals surface area contributed by atoms with Crippen LogP contribution in [0.3, 0.4) is 0 Å². The van der Waals surface area contributed by atoms with Gasteiger partial charge in [0.25, 0.3) is 0 Å². The molecule has 2 aromatic rings. The summed E-state index contributed by atoms with van der Waals surface area (Å²) in [6, 6.07) is 8.27. The van der Waals surface area contributed by atoms with Crippen LogP contribution in [0.4, 0.5) is 0 Å². The Hall–Kier alpha value is -1.72. The van der Waals surface area contributed by atoms with Crippen LogP contribution in [-0.2, 0) is 11.3 Å². The molecule has 22 heavy (non-hydrogen) atoms. The van der Waals surface area contributed by atoms with Crippen molar-refractivity contribution in [2.75, 3.05) is 19.6 Å². The van der Waals surface area contributed by atoms with E-state index in [1.165, 1.54) is 10.4 Å². The van der Waals surface area contributed by atoms with Gasteiger partial charge in [0.05, 0.1) is 13.1 Å². The van der Waals surface area contributed by atoms with Gasteiger partial charge in [-0.25, -0.2) is 0 Å². The van der Waals surface area contributed by atoms with Gasteiger partial charge >= 0.3 is 0 Å². The highest BCUT2D eigenvalue weighted by Gasteiger charge is 2.21. The van der Waals surface area contributed by atoms with Crippen molar-refractivity contribution in [1.82, 2.24) is 15.2 Å². The number of thiophene rings is 1. The Kier molecular flexibility index (Phi) is 5.19. The van der Waals surface area contributed by atoms with E-state index < -0.39 is 0 Å². The van der Waals surface area contributed by atoms with Crippen LogP contribution in [0.2, 0.25) is 0 Å². The van der Waals surface area contributed by atoms with Crippen LogP contribution in [0, 0.1) is 0 Å². The summed E-state index contributed by atoms with van der Waals surface area (Å²) in [5.74, 6) is 0.726. The maximum Gasteiger partial charge on any atom is 0.234 e. The van der Waals surface area contributed by atoms with Crippen LogP contribution >= 0.6 is 11.3 Å². The van der Waals surface area contributed by atoms with Gasteiger partial charge in [-0.05, 0) is 61.0 Å². The summed E-state index contributed by atoms with van der Waals surface area (Å²) in [7, 11) is 0. The predicted molar refractivity (Wildman–Crippen MR) is 88.8 cm³/mol. The van der Waals surface area contributed by atoms with E-state index in [1.54, 1.807) is 11.3 Å². The third kappa shape index (κ3) is 4.15. The number of rotatable bonds is 5. The number of hydrogen-bond donors (Lipinski definition) is 1. The lowest BCUT2D eigenvalue weighted by atomic mass is 9.90. The van der Waals surface area contributed by atoms with Crippen molar-refractivity contribution < 1.29 is 4.79 Å². The molecule has 0 saturated carbocycles. The van der Waals surface area contributed by atoms with Crippen molar-refractivity contribution >= 4 is 17.2 Å². The van der Waals surface area contributed by atoms with E-state index >= 15 is 0 Å². The number of piperidine rings is 1. The number of nitrogens with one attached hydrogen (secondary N) is 1. The second-order valence-electron chi connectivity index (χ2n) is 5.69. The Labute approximate surface area is 135 Å². The SMILES string of the molecule is O=C(CN1CCC(c2ccncc2)CC1)NCc1cccs1. The number of nitrogens with zero attached hydrogens (tertiary/aromatic N) is 2. The summed E-state index contributed by atoms with van der Waals surface area (Å²) in [5.41, 5.74) is 1.37. The molecule has 116 valence electrons. The molecule has 3 heterocycles. The van der Waals surface area contributed by atoms with Crippen molar-refractivity contribution in [3.63, 3.8) is 0 Å². The van der Waals surface area contributed by atoms with Crippen LogP contribution in [0.5, 0.6) is 0 Å². The Morgan fingerprint density at radius 1 is 1.27 bits per heavy atom. The first-order valence-electron chi connectivity index (χ1n) is 7.72. The lowest BCUT2D eigenvalue weighted by Gasteiger charge is -2.31. The largest absolute Gasteiger partial charge is 0.350 e. The molecule has 1 saturated heterocycles. The molecule has 1 amide bonds. The number of carbonyl (C=O) groups excluding carboxylic acids is 1. The van der Waals surface area contributed by atoms with Crippen LogP contribution < -0.4 is 5.32 Å². The highest BCUT2D eigenvalue weighted by molar-refractivity contribution is 7.09. The molecule has 0 spiro atoms. The fourth-order valence-corrected chi connectivity index (χ4v) is 3.56. The third-order valence-corrected chi connectivity index (χ3v) is 5.05. The smallest absolute Gasteiger partial charge is 0.234 e. The molecule has 0 aliphatic carbocycles. The van der Waals surface area contributed by atoms with E-state index in [4.69, 9.17) is 0 Å². The topological polar surface area (TPSA) is 45.2 Å². The summed E-state index contributed by atoms with van der Waals surface area (Å²) in [5, 5.41) is 5.03. The van der Waals surface area contributed by atoms with E-state index in [2.05, 4.69) is 27.3 Å². The van der Waals surface area contributed by atoms with Crippen molar-refractivity contribution in [2.24, 2.45) is 0 Å². The number of amides is 1. The molecule has 1 fully saturated rings. The maximum atomic E-state index is 12.0. The minimum atomic E-state index is 0.121. The zero-order valence-corrected chi connectivity index (χ0v) is 13.4. The van der Waals surface area contributed by atoms with Crippen molar-refractivity contribution in [3.05, 3.63) is 52.5 Å². The average Bonchev–Trinajstić information content (AvgIpc) is 3.08. The fourth-order valence-electron chi connectivity index (χ4n) is 2.92. The zero-order chi connectivity index (χ0) is 15.2. The van der Waals surface area contributed by atoms with Gasteiger partial charge in [-0.2, -0.15) is 0 Å². The normalized spacial score (nSPS) is 16.5. The molecule has 1 aliphatic heterocycles. The summed E-state index contributed by atoms with van der Waals surface area (Å²) in [6.07, 6.45) is 5.95. The standard InChI is InChI=1S/C17H21N3OS/c21-17(19-12-16-2-1-11-22-16)13-20-9-5-15(6-10-20)14-3-7-18-8-4-14/h1-4,7-8,11,15H,5-6,9-10,12-13H2,(H,19,21). The summed E-state index contributed by atoms with van der Waals surface area (Å²) < 4.78 is 0. The van der Waals surface area contributed by atoms with Crippen LogP contribution in [0.25, 0.3) is 0 Å². The number of carbonyl (C=O) groups is 1. The number of pyridine rings is 1. The quantitative estimate of drug-likeness (QED) is 0.922. The molecule has 1 aliphatic rings. The molecule has 0 unspecified atom stereocenters. The second kappa shape index (κ2) is 7.51. The Balaban J connectivity index is 1.41. The predicted octanol–water partition coefficient (Wildman–Crippen LogP) is 2.64.